The Morgan fingerprint density at radius 2 is 1.69 bits per heavy atom. The summed E-state index contributed by atoms with van der Waals surface area (Å²) in [5.41, 5.74) is 0. The van der Waals surface area contributed by atoms with E-state index in [4.69, 9.17) is 9.47 Å². The smallest absolute Gasteiger partial charge is 0.214 e. The summed E-state index contributed by atoms with van der Waals surface area (Å²) < 4.78 is 14.5. The van der Waals surface area contributed by atoms with Crippen molar-refractivity contribution in [1.29, 1.82) is 0 Å². The van der Waals surface area contributed by atoms with Crippen molar-refractivity contribution < 1.29 is 23.8 Å². The predicted octanol–water partition coefficient (Wildman–Crippen LogP) is -0.223. The topological polar surface area (TPSA) is 61.8 Å². The summed E-state index contributed by atoms with van der Waals surface area (Å²) >= 11 is 0. The van der Waals surface area contributed by atoms with Crippen LogP contribution in [-0.2, 0) is 23.8 Å². The van der Waals surface area contributed by atoms with Gasteiger partial charge in [0.2, 0.25) is 6.29 Å². The van der Waals surface area contributed by atoms with Crippen molar-refractivity contribution >= 4 is 12.6 Å². The molecule has 5 heteroatoms. The van der Waals surface area contributed by atoms with E-state index in [9.17, 15) is 9.59 Å². The van der Waals surface area contributed by atoms with Gasteiger partial charge in [-0.05, 0) is 6.92 Å². The zero-order chi connectivity index (χ0) is 10.3. The van der Waals surface area contributed by atoms with Gasteiger partial charge in [-0.25, -0.2) is 0 Å². The summed E-state index contributed by atoms with van der Waals surface area (Å²) in [6.07, 6.45) is -1.03. The number of carbonyl (C=O) groups excluding carboxylic acids is 2. The molecule has 76 valence electrons. The molecule has 3 unspecified atom stereocenters. The highest BCUT2D eigenvalue weighted by Crippen LogP contribution is 2.03. The Balaban J connectivity index is 4.01. The minimum atomic E-state index is -0.951. The van der Waals surface area contributed by atoms with E-state index >= 15 is 0 Å². The highest BCUT2D eigenvalue weighted by Gasteiger charge is 2.20. The van der Waals surface area contributed by atoms with E-state index in [-0.39, 0.29) is 0 Å². The van der Waals surface area contributed by atoms with Gasteiger partial charge >= 0.3 is 0 Å². The van der Waals surface area contributed by atoms with Crippen LogP contribution in [0.3, 0.4) is 0 Å². The van der Waals surface area contributed by atoms with Crippen LogP contribution in [0.2, 0.25) is 0 Å². The summed E-state index contributed by atoms with van der Waals surface area (Å²) in [4.78, 5) is 20.7. The second kappa shape index (κ2) is 6.71. The average molecular weight is 190 g/mol. The van der Waals surface area contributed by atoms with Crippen LogP contribution >= 0.6 is 0 Å². The summed E-state index contributed by atoms with van der Waals surface area (Å²) in [5, 5.41) is 0. The molecule has 0 aliphatic heterocycles. The molecule has 0 fully saturated rings. The fourth-order valence-electron chi connectivity index (χ4n) is 0.790. The molecule has 13 heavy (non-hydrogen) atoms. The van der Waals surface area contributed by atoms with Crippen LogP contribution in [0.15, 0.2) is 0 Å². The maximum absolute atomic E-state index is 10.4. The number of ether oxygens (including phenoxy) is 3. The van der Waals surface area contributed by atoms with Gasteiger partial charge in [-0.2, -0.15) is 0 Å². The van der Waals surface area contributed by atoms with Gasteiger partial charge in [0.1, 0.15) is 6.10 Å². The first-order valence-corrected chi connectivity index (χ1v) is 3.81. The van der Waals surface area contributed by atoms with Gasteiger partial charge in [-0.3, -0.25) is 4.79 Å². The zero-order valence-electron chi connectivity index (χ0n) is 7.93. The van der Waals surface area contributed by atoms with Crippen LogP contribution in [0, 0.1) is 0 Å². The van der Waals surface area contributed by atoms with Gasteiger partial charge in [-0.15, -0.1) is 0 Å². The molecule has 5 nitrogen and oxygen atoms in total. The zero-order valence-corrected chi connectivity index (χ0v) is 7.93. The molecule has 0 radical (unpaired) electrons. The first-order chi connectivity index (χ1) is 6.19. The van der Waals surface area contributed by atoms with Crippen molar-refractivity contribution in [3.05, 3.63) is 0 Å². The number of hydrogen-bond donors (Lipinski definition) is 0. The number of methoxy groups -OCH3 is 2. The molecule has 0 spiro atoms. The van der Waals surface area contributed by atoms with Gasteiger partial charge < -0.3 is 19.0 Å². The van der Waals surface area contributed by atoms with Gasteiger partial charge in [0.05, 0.1) is 6.10 Å². The molecule has 0 aliphatic carbocycles. The quantitative estimate of drug-likeness (QED) is 0.410. The molecule has 0 rings (SSSR count). The van der Waals surface area contributed by atoms with Crippen molar-refractivity contribution in [1.82, 2.24) is 0 Å². The number of rotatable bonds is 7. The third-order valence-electron chi connectivity index (χ3n) is 1.56. The van der Waals surface area contributed by atoms with Crippen LogP contribution < -0.4 is 0 Å². The van der Waals surface area contributed by atoms with E-state index in [0.717, 1.165) is 0 Å². The second-order valence-electron chi connectivity index (χ2n) is 2.42. The summed E-state index contributed by atoms with van der Waals surface area (Å²) in [7, 11) is 2.73. The van der Waals surface area contributed by atoms with Crippen LogP contribution in [0.1, 0.15) is 6.92 Å². The number of aldehydes is 2. The van der Waals surface area contributed by atoms with E-state index in [0.29, 0.717) is 12.6 Å². The third-order valence-corrected chi connectivity index (χ3v) is 1.56. The maximum atomic E-state index is 10.4. The van der Waals surface area contributed by atoms with Crippen LogP contribution in [0.4, 0.5) is 0 Å². The summed E-state index contributed by atoms with van der Waals surface area (Å²) in [5.74, 6) is 0. The van der Waals surface area contributed by atoms with Crippen molar-refractivity contribution in [2.45, 2.75) is 25.4 Å². The average Bonchev–Trinajstić information content (AvgIpc) is 2.16. The lowest BCUT2D eigenvalue weighted by atomic mass is 10.2. The lowest BCUT2D eigenvalue weighted by Crippen LogP contribution is -2.34. The van der Waals surface area contributed by atoms with Crippen molar-refractivity contribution in [3.63, 3.8) is 0 Å². The number of carbonyl (C=O) groups is 2. The fourth-order valence-corrected chi connectivity index (χ4v) is 0.790. The molecule has 0 aliphatic rings. The molecule has 0 aromatic rings. The van der Waals surface area contributed by atoms with Crippen molar-refractivity contribution in [2.75, 3.05) is 14.2 Å². The van der Waals surface area contributed by atoms with Crippen LogP contribution in [-0.4, -0.2) is 45.3 Å². The van der Waals surface area contributed by atoms with E-state index in [1.54, 1.807) is 6.92 Å². The molecule has 0 aromatic carbocycles. The maximum Gasteiger partial charge on any atom is 0.214 e. The SMILES string of the molecule is COC(C=O)OC(C)C(C=O)OC. The molecule has 0 N–H and O–H groups in total. The van der Waals surface area contributed by atoms with Gasteiger partial charge in [-0.1, -0.05) is 0 Å². The minimum absolute atomic E-state index is 0.508. The molecule has 3 atom stereocenters. The second-order valence-corrected chi connectivity index (χ2v) is 2.42. The predicted molar refractivity (Wildman–Crippen MR) is 44.3 cm³/mol. The van der Waals surface area contributed by atoms with Gasteiger partial charge in [0, 0.05) is 14.2 Å². The highest BCUT2D eigenvalue weighted by atomic mass is 16.7. The molecule has 0 heterocycles. The molecule has 0 saturated heterocycles. The molecule has 0 bridgehead atoms. The first-order valence-electron chi connectivity index (χ1n) is 3.81. The van der Waals surface area contributed by atoms with Gasteiger partial charge in [0.15, 0.2) is 12.6 Å². The first kappa shape index (κ1) is 12.2. The van der Waals surface area contributed by atoms with E-state index < -0.39 is 18.5 Å². The Bertz CT molecular complexity index is 159. The van der Waals surface area contributed by atoms with E-state index in [2.05, 4.69) is 4.74 Å². The normalized spacial score (nSPS) is 17.5. The Hall–Kier alpha value is -0.780. The molecular formula is C8H14O5. The largest absolute Gasteiger partial charge is 0.371 e. The summed E-state index contributed by atoms with van der Waals surface area (Å²) in [6.45, 7) is 1.62. The molecule has 0 saturated carbocycles. The van der Waals surface area contributed by atoms with Crippen LogP contribution in [0.25, 0.3) is 0 Å². The highest BCUT2D eigenvalue weighted by molar-refractivity contribution is 5.57. The lowest BCUT2D eigenvalue weighted by molar-refractivity contribution is -0.177. The van der Waals surface area contributed by atoms with Crippen LogP contribution in [0.5, 0.6) is 0 Å². The van der Waals surface area contributed by atoms with Gasteiger partial charge in [0.25, 0.3) is 0 Å². The standard InChI is InChI=1S/C8H14O5/c1-6(7(4-9)11-2)13-8(5-10)12-3/h4-8H,1-3H3. The van der Waals surface area contributed by atoms with Crippen molar-refractivity contribution in [3.8, 4) is 0 Å². The summed E-state index contributed by atoms with van der Waals surface area (Å²) in [6, 6.07) is 0. The van der Waals surface area contributed by atoms with E-state index in [1.165, 1.54) is 14.2 Å². The van der Waals surface area contributed by atoms with E-state index in [1.807, 2.05) is 0 Å². The lowest BCUT2D eigenvalue weighted by Gasteiger charge is -2.20. The fraction of sp³-hybridized carbons (Fsp3) is 0.750. The third kappa shape index (κ3) is 4.12. The molecule has 0 aromatic heterocycles. The molecule has 0 amide bonds. The minimum Gasteiger partial charge on any atom is -0.371 e. The monoisotopic (exact) mass is 190 g/mol. The Kier molecular flexibility index (Phi) is 6.30. The number of hydrogen-bond acceptors (Lipinski definition) is 5. The Labute approximate surface area is 77.0 Å². The Morgan fingerprint density at radius 1 is 1.08 bits per heavy atom. The molecular weight excluding hydrogens is 176 g/mol. The van der Waals surface area contributed by atoms with Crippen molar-refractivity contribution in [2.24, 2.45) is 0 Å². The Morgan fingerprint density at radius 3 is 2.00 bits per heavy atom.